The first kappa shape index (κ1) is 17.4. The molecule has 1 atom stereocenters. The van der Waals surface area contributed by atoms with Crippen molar-refractivity contribution in [3.8, 4) is 0 Å². The number of hydrogen-bond acceptors (Lipinski definition) is 3. The van der Waals surface area contributed by atoms with Gasteiger partial charge in [0.1, 0.15) is 5.78 Å². The molecule has 0 aliphatic carbocycles. The second-order valence-electron chi connectivity index (χ2n) is 6.05. The molecule has 0 fully saturated rings. The molecule has 3 heteroatoms. The Morgan fingerprint density at radius 2 is 1.74 bits per heavy atom. The molecule has 1 N–H and O–H groups in total. The molecule has 0 aromatic heterocycles. The van der Waals surface area contributed by atoms with Crippen molar-refractivity contribution in [2.75, 3.05) is 13.2 Å². The average molecular weight is 312 g/mol. The molecule has 0 heterocycles. The number of ketones is 1. The smallest absolute Gasteiger partial charge is 0.140 e. The lowest BCUT2D eigenvalue weighted by Gasteiger charge is -2.30. The molecular formula is C20H24O3. The van der Waals surface area contributed by atoms with Gasteiger partial charge in [0.2, 0.25) is 0 Å². The lowest BCUT2D eigenvalue weighted by atomic mass is 9.88. The van der Waals surface area contributed by atoms with Gasteiger partial charge in [-0.1, -0.05) is 60.2 Å². The Morgan fingerprint density at radius 3 is 2.35 bits per heavy atom. The van der Waals surface area contributed by atoms with E-state index in [1.807, 2.05) is 68.4 Å². The second-order valence-corrected chi connectivity index (χ2v) is 6.05. The minimum atomic E-state index is -0.716. The number of ether oxygens (including phenoxy) is 1. The summed E-state index contributed by atoms with van der Waals surface area (Å²) in [5.74, 6) is 0.123. The fourth-order valence-corrected chi connectivity index (χ4v) is 2.67. The van der Waals surface area contributed by atoms with Crippen LogP contribution in [0.15, 0.2) is 54.6 Å². The number of carbonyl (C=O) groups is 1. The number of hydrogen-bond donors (Lipinski definition) is 1. The SMILES string of the molecule is Cc1ccc(CC(=O)CC(C)(OCCO)c2ccccc2)cc1. The molecule has 2 rings (SSSR count). The summed E-state index contributed by atoms with van der Waals surface area (Å²) in [6.45, 7) is 4.09. The Kier molecular flexibility index (Phi) is 6.08. The van der Waals surface area contributed by atoms with Crippen LogP contribution >= 0.6 is 0 Å². The van der Waals surface area contributed by atoms with Gasteiger partial charge < -0.3 is 9.84 Å². The number of benzene rings is 2. The van der Waals surface area contributed by atoms with E-state index in [0.717, 1.165) is 11.1 Å². The molecule has 0 bridgehead atoms. The second kappa shape index (κ2) is 8.04. The maximum atomic E-state index is 12.5. The number of rotatable bonds is 8. The Hall–Kier alpha value is -1.97. The molecule has 2 aromatic rings. The number of Topliss-reactive ketones (excluding diaryl/α,β-unsaturated/α-hetero) is 1. The van der Waals surface area contributed by atoms with Crippen LogP contribution in [0.1, 0.15) is 30.0 Å². The van der Waals surface area contributed by atoms with E-state index in [4.69, 9.17) is 9.84 Å². The van der Waals surface area contributed by atoms with Crippen molar-refractivity contribution >= 4 is 5.78 Å². The summed E-state index contributed by atoms with van der Waals surface area (Å²) in [6.07, 6.45) is 0.677. The first-order valence-electron chi connectivity index (χ1n) is 7.91. The van der Waals surface area contributed by atoms with Crippen molar-refractivity contribution in [2.45, 2.75) is 32.3 Å². The minimum Gasteiger partial charge on any atom is -0.394 e. The summed E-state index contributed by atoms with van der Waals surface area (Å²) >= 11 is 0. The van der Waals surface area contributed by atoms with Crippen LogP contribution < -0.4 is 0 Å². The predicted molar refractivity (Wildman–Crippen MR) is 91.3 cm³/mol. The van der Waals surface area contributed by atoms with Crippen molar-refractivity contribution in [3.05, 3.63) is 71.3 Å². The molecule has 2 aromatic carbocycles. The lowest BCUT2D eigenvalue weighted by Crippen LogP contribution is -2.31. The van der Waals surface area contributed by atoms with Crippen LogP contribution in [0.5, 0.6) is 0 Å². The van der Waals surface area contributed by atoms with E-state index in [2.05, 4.69) is 0 Å². The molecule has 0 saturated carbocycles. The molecule has 0 aliphatic rings. The number of aryl methyl sites for hydroxylation is 1. The van der Waals surface area contributed by atoms with E-state index < -0.39 is 5.60 Å². The van der Waals surface area contributed by atoms with Crippen molar-refractivity contribution in [3.63, 3.8) is 0 Å². The Bertz CT molecular complexity index is 619. The number of aliphatic hydroxyl groups is 1. The van der Waals surface area contributed by atoms with Gasteiger partial charge in [-0.2, -0.15) is 0 Å². The van der Waals surface area contributed by atoms with Gasteiger partial charge in [-0.15, -0.1) is 0 Å². The van der Waals surface area contributed by atoms with E-state index in [9.17, 15) is 4.79 Å². The summed E-state index contributed by atoms with van der Waals surface area (Å²) in [5, 5.41) is 9.06. The molecule has 0 amide bonds. The summed E-state index contributed by atoms with van der Waals surface area (Å²) in [7, 11) is 0. The summed E-state index contributed by atoms with van der Waals surface area (Å²) < 4.78 is 5.82. The molecule has 0 spiro atoms. The fourth-order valence-electron chi connectivity index (χ4n) is 2.67. The van der Waals surface area contributed by atoms with E-state index in [0.29, 0.717) is 6.42 Å². The van der Waals surface area contributed by atoms with Gasteiger partial charge in [0.25, 0.3) is 0 Å². The number of carbonyl (C=O) groups excluding carboxylic acids is 1. The monoisotopic (exact) mass is 312 g/mol. The quantitative estimate of drug-likeness (QED) is 0.812. The highest BCUT2D eigenvalue weighted by molar-refractivity contribution is 5.82. The van der Waals surface area contributed by atoms with E-state index >= 15 is 0 Å². The molecule has 3 nitrogen and oxygen atoms in total. The van der Waals surface area contributed by atoms with Gasteiger partial charge in [-0.05, 0) is 25.0 Å². The predicted octanol–water partition coefficient (Wildman–Crippen LogP) is 3.42. The van der Waals surface area contributed by atoms with Gasteiger partial charge in [-0.3, -0.25) is 4.79 Å². The highest BCUT2D eigenvalue weighted by Crippen LogP contribution is 2.30. The average Bonchev–Trinajstić information content (AvgIpc) is 2.56. The fraction of sp³-hybridized carbons (Fsp3) is 0.350. The highest BCUT2D eigenvalue weighted by atomic mass is 16.5. The standard InChI is InChI=1S/C20H24O3/c1-16-8-10-17(11-9-16)14-19(22)15-20(2,23-13-12-21)18-6-4-3-5-7-18/h3-11,21H,12-15H2,1-2H3. The third kappa shape index (κ3) is 5.02. The zero-order chi connectivity index (χ0) is 16.7. The molecule has 23 heavy (non-hydrogen) atoms. The maximum absolute atomic E-state index is 12.5. The van der Waals surface area contributed by atoms with Crippen LogP contribution in [0.3, 0.4) is 0 Å². The van der Waals surface area contributed by atoms with Gasteiger partial charge in [0, 0.05) is 12.8 Å². The van der Waals surface area contributed by atoms with Crippen LogP contribution in [-0.2, 0) is 21.6 Å². The molecule has 0 aliphatic heterocycles. The van der Waals surface area contributed by atoms with Crippen LogP contribution in [0, 0.1) is 6.92 Å². The normalized spacial score (nSPS) is 13.5. The highest BCUT2D eigenvalue weighted by Gasteiger charge is 2.30. The largest absolute Gasteiger partial charge is 0.394 e. The van der Waals surface area contributed by atoms with Crippen molar-refractivity contribution < 1.29 is 14.6 Å². The van der Waals surface area contributed by atoms with Crippen LogP contribution in [0.25, 0.3) is 0 Å². The van der Waals surface area contributed by atoms with Gasteiger partial charge in [-0.25, -0.2) is 0 Å². The van der Waals surface area contributed by atoms with E-state index in [1.54, 1.807) is 0 Å². The first-order valence-corrected chi connectivity index (χ1v) is 7.91. The Labute approximate surface area is 137 Å². The maximum Gasteiger partial charge on any atom is 0.140 e. The van der Waals surface area contributed by atoms with Crippen LogP contribution in [0.2, 0.25) is 0 Å². The summed E-state index contributed by atoms with van der Waals surface area (Å²) in [6, 6.07) is 17.7. The summed E-state index contributed by atoms with van der Waals surface area (Å²) in [5.41, 5.74) is 2.43. The van der Waals surface area contributed by atoms with Crippen LogP contribution in [-0.4, -0.2) is 24.1 Å². The topological polar surface area (TPSA) is 46.5 Å². The first-order chi connectivity index (χ1) is 11.0. The van der Waals surface area contributed by atoms with Gasteiger partial charge in [0.05, 0.1) is 18.8 Å². The molecule has 0 saturated heterocycles. The lowest BCUT2D eigenvalue weighted by molar-refractivity contribution is -0.127. The van der Waals surface area contributed by atoms with Crippen LogP contribution in [0.4, 0.5) is 0 Å². The zero-order valence-electron chi connectivity index (χ0n) is 13.8. The van der Waals surface area contributed by atoms with Gasteiger partial charge in [0.15, 0.2) is 0 Å². The summed E-state index contributed by atoms with van der Waals surface area (Å²) in [4.78, 5) is 12.5. The molecular weight excluding hydrogens is 288 g/mol. The van der Waals surface area contributed by atoms with Crippen molar-refractivity contribution in [1.29, 1.82) is 0 Å². The molecule has 122 valence electrons. The zero-order valence-corrected chi connectivity index (χ0v) is 13.8. The van der Waals surface area contributed by atoms with Gasteiger partial charge >= 0.3 is 0 Å². The van der Waals surface area contributed by atoms with E-state index in [1.165, 1.54) is 5.56 Å². The Balaban J connectivity index is 2.10. The number of aliphatic hydroxyl groups excluding tert-OH is 1. The van der Waals surface area contributed by atoms with Crippen molar-refractivity contribution in [1.82, 2.24) is 0 Å². The third-order valence-electron chi connectivity index (χ3n) is 3.95. The minimum absolute atomic E-state index is 0.0609. The van der Waals surface area contributed by atoms with E-state index in [-0.39, 0.29) is 25.4 Å². The molecule has 0 radical (unpaired) electrons. The van der Waals surface area contributed by atoms with Crippen molar-refractivity contribution in [2.24, 2.45) is 0 Å². The molecule has 1 unspecified atom stereocenters. The third-order valence-corrected chi connectivity index (χ3v) is 3.95. The Morgan fingerprint density at radius 1 is 1.09 bits per heavy atom.